The van der Waals surface area contributed by atoms with Crippen molar-refractivity contribution >= 4 is 29.3 Å². The van der Waals surface area contributed by atoms with Gasteiger partial charge in [0.05, 0.1) is 6.54 Å². The molecule has 1 aromatic heterocycles. The average Bonchev–Trinajstić information content (AvgIpc) is 2.89. The Labute approximate surface area is 145 Å². The lowest BCUT2D eigenvalue weighted by atomic mass is 10.2. The minimum absolute atomic E-state index is 0.175. The Morgan fingerprint density at radius 3 is 2.87 bits per heavy atom. The van der Waals surface area contributed by atoms with Gasteiger partial charge in [-0.2, -0.15) is 0 Å². The van der Waals surface area contributed by atoms with E-state index in [9.17, 15) is 4.79 Å². The van der Waals surface area contributed by atoms with Crippen molar-refractivity contribution in [3.05, 3.63) is 46.7 Å². The first-order valence-corrected chi connectivity index (χ1v) is 9.10. The molecule has 0 unspecified atom stereocenters. The summed E-state index contributed by atoms with van der Waals surface area (Å²) in [4.78, 5) is 15.2. The van der Waals surface area contributed by atoms with Crippen molar-refractivity contribution in [2.45, 2.75) is 44.3 Å². The normalized spacial score (nSPS) is 10.9. The van der Waals surface area contributed by atoms with Gasteiger partial charge in [-0.05, 0) is 30.9 Å². The number of hydrogen-bond acceptors (Lipinski definition) is 3. The van der Waals surface area contributed by atoms with Crippen molar-refractivity contribution in [1.29, 1.82) is 0 Å². The first-order valence-electron chi connectivity index (χ1n) is 7.74. The third-order valence-electron chi connectivity index (χ3n) is 3.45. The van der Waals surface area contributed by atoms with Gasteiger partial charge in [-0.15, -0.1) is 0 Å². The molecule has 0 aliphatic rings. The van der Waals surface area contributed by atoms with Crippen LogP contribution in [0.2, 0.25) is 5.02 Å². The van der Waals surface area contributed by atoms with Crippen LogP contribution in [0.4, 0.5) is 0 Å². The van der Waals surface area contributed by atoms with E-state index < -0.39 is 5.97 Å². The zero-order valence-electron chi connectivity index (χ0n) is 13.2. The Kier molecular flexibility index (Phi) is 6.99. The number of rotatable bonds is 9. The number of hydrogen-bond donors (Lipinski definition) is 1. The second-order valence-corrected chi connectivity index (χ2v) is 6.77. The zero-order valence-corrected chi connectivity index (χ0v) is 14.7. The summed E-state index contributed by atoms with van der Waals surface area (Å²) >= 11 is 8.00. The summed E-state index contributed by atoms with van der Waals surface area (Å²) in [6.45, 7) is 2.80. The third kappa shape index (κ3) is 5.29. The molecule has 2 rings (SSSR count). The van der Waals surface area contributed by atoms with E-state index >= 15 is 0 Å². The van der Waals surface area contributed by atoms with Crippen molar-refractivity contribution in [2.75, 3.05) is 5.75 Å². The lowest BCUT2D eigenvalue weighted by Gasteiger charge is -2.12. The van der Waals surface area contributed by atoms with Crippen LogP contribution in [-0.4, -0.2) is 26.4 Å². The molecule has 0 amide bonds. The number of thioether (sulfide) groups is 1. The predicted octanol–water partition coefficient (Wildman–Crippen LogP) is 4.49. The second kappa shape index (κ2) is 8.99. The molecule has 2 aromatic rings. The molecule has 0 atom stereocenters. The molecule has 0 bridgehead atoms. The van der Waals surface area contributed by atoms with Crippen molar-refractivity contribution < 1.29 is 9.90 Å². The number of carboxylic acid groups (broad SMARTS) is 1. The summed E-state index contributed by atoms with van der Waals surface area (Å²) in [5, 5.41) is 10.5. The van der Waals surface area contributed by atoms with Crippen molar-refractivity contribution in [3.8, 4) is 0 Å². The minimum Gasteiger partial charge on any atom is -0.481 e. The lowest BCUT2D eigenvalue weighted by molar-refractivity contribution is -0.137. The standard InChI is InChI=1S/C17H21ClN2O2S/c1-2-10-23-17-19-11-14(7-5-9-16(21)22)20(17)12-13-6-3-4-8-15(13)18/h3-4,6,8,11H,2,5,7,9-10,12H2,1H3,(H,21,22). The van der Waals surface area contributed by atoms with E-state index in [4.69, 9.17) is 16.7 Å². The fourth-order valence-electron chi connectivity index (χ4n) is 2.29. The van der Waals surface area contributed by atoms with Crippen LogP contribution >= 0.6 is 23.4 Å². The number of carboxylic acids is 1. The van der Waals surface area contributed by atoms with Gasteiger partial charge in [0.2, 0.25) is 0 Å². The monoisotopic (exact) mass is 352 g/mol. The number of carbonyl (C=O) groups is 1. The largest absolute Gasteiger partial charge is 0.481 e. The Bertz CT molecular complexity index is 658. The zero-order chi connectivity index (χ0) is 16.7. The highest BCUT2D eigenvalue weighted by molar-refractivity contribution is 7.99. The third-order valence-corrected chi connectivity index (χ3v) is 5.01. The van der Waals surface area contributed by atoms with Gasteiger partial charge in [0, 0.05) is 29.1 Å². The van der Waals surface area contributed by atoms with Crippen LogP contribution in [0.25, 0.3) is 0 Å². The highest BCUT2D eigenvalue weighted by atomic mass is 35.5. The van der Waals surface area contributed by atoms with Crippen LogP contribution in [0, 0.1) is 0 Å². The van der Waals surface area contributed by atoms with Gasteiger partial charge in [-0.1, -0.05) is 48.5 Å². The fourth-order valence-corrected chi connectivity index (χ4v) is 3.33. The molecule has 0 radical (unpaired) electrons. The SMILES string of the molecule is CCCSc1ncc(CCCC(=O)O)n1Cc1ccccc1Cl. The van der Waals surface area contributed by atoms with Crippen LogP contribution in [-0.2, 0) is 17.8 Å². The maximum absolute atomic E-state index is 10.7. The molecule has 1 aromatic carbocycles. The van der Waals surface area contributed by atoms with E-state index in [0.717, 1.165) is 33.6 Å². The maximum atomic E-state index is 10.7. The quantitative estimate of drug-likeness (QED) is 0.675. The summed E-state index contributed by atoms with van der Waals surface area (Å²) in [7, 11) is 0. The summed E-state index contributed by atoms with van der Waals surface area (Å²) < 4.78 is 2.16. The molecule has 0 aliphatic heterocycles. The number of benzene rings is 1. The van der Waals surface area contributed by atoms with E-state index in [1.807, 2.05) is 30.5 Å². The van der Waals surface area contributed by atoms with Gasteiger partial charge in [-0.25, -0.2) is 4.98 Å². The van der Waals surface area contributed by atoms with E-state index in [1.165, 1.54) is 0 Å². The van der Waals surface area contributed by atoms with E-state index in [-0.39, 0.29) is 6.42 Å². The number of nitrogens with zero attached hydrogens (tertiary/aromatic N) is 2. The summed E-state index contributed by atoms with van der Waals surface area (Å²) in [5.41, 5.74) is 2.11. The van der Waals surface area contributed by atoms with Crippen LogP contribution < -0.4 is 0 Å². The summed E-state index contributed by atoms with van der Waals surface area (Å²) in [5.74, 6) is 0.247. The first kappa shape index (κ1) is 17.9. The van der Waals surface area contributed by atoms with Crippen molar-refractivity contribution in [2.24, 2.45) is 0 Å². The smallest absolute Gasteiger partial charge is 0.303 e. The molecule has 1 heterocycles. The van der Waals surface area contributed by atoms with E-state index in [0.29, 0.717) is 19.4 Å². The molecule has 0 spiro atoms. The number of aliphatic carboxylic acids is 1. The van der Waals surface area contributed by atoms with Crippen LogP contribution in [0.5, 0.6) is 0 Å². The van der Waals surface area contributed by atoms with Gasteiger partial charge < -0.3 is 9.67 Å². The molecule has 0 saturated carbocycles. The van der Waals surface area contributed by atoms with Gasteiger partial charge in [0.15, 0.2) is 5.16 Å². The van der Waals surface area contributed by atoms with Gasteiger partial charge in [-0.3, -0.25) is 4.79 Å². The molecule has 6 heteroatoms. The Hall–Kier alpha value is -1.46. The molecule has 0 fully saturated rings. The van der Waals surface area contributed by atoms with Gasteiger partial charge in [0.25, 0.3) is 0 Å². The van der Waals surface area contributed by atoms with Gasteiger partial charge in [0.1, 0.15) is 0 Å². The molecular weight excluding hydrogens is 332 g/mol. The molecule has 4 nitrogen and oxygen atoms in total. The lowest BCUT2D eigenvalue weighted by Crippen LogP contribution is -2.07. The van der Waals surface area contributed by atoms with Crippen molar-refractivity contribution in [3.63, 3.8) is 0 Å². The Balaban J connectivity index is 2.19. The van der Waals surface area contributed by atoms with Crippen LogP contribution in [0.1, 0.15) is 37.4 Å². The predicted molar refractivity (Wildman–Crippen MR) is 94.4 cm³/mol. The molecule has 124 valence electrons. The highest BCUT2D eigenvalue weighted by Crippen LogP contribution is 2.24. The van der Waals surface area contributed by atoms with E-state index in [2.05, 4.69) is 16.5 Å². The van der Waals surface area contributed by atoms with Crippen molar-refractivity contribution in [1.82, 2.24) is 9.55 Å². The Morgan fingerprint density at radius 1 is 1.39 bits per heavy atom. The molecule has 0 saturated heterocycles. The second-order valence-electron chi connectivity index (χ2n) is 5.31. The van der Waals surface area contributed by atoms with Crippen LogP contribution in [0.15, 0.2) is 35.6 Å². The number of halogens is 1. The van der Waals surface area contributed by atoms with Gasteiger partial charge >= 0.3 is 5.97 Å². The number of imidazole rings is 1. The van der Waals surface area contributed by atoms with E-state index in [1.54, 1.807) is 11.8 Å². The summed E-state index contributed by atoms with van der Waals surface area (Å²) in [6.07, 6.45) is 4.43. The molecule has 0 aliphatic carbocycles. The molecule has 23 heavy (non-hydrogen) atoms. The Morgan fingerprint density at radius 2 is 2.17 bits per heavy atom. The average molecular weight is 353 g/mol. The molecular formula is C17H21ClN2O2S. The minimum atomic E-state index is -0.761. The topological polar surface area (TPSA) is 55.1 Å². The maximum Gasteiger partial charge on any atom is 0.303 e. The number of aryl methyl sites for hydroxylation is 1. The first-order chi connectivity index (χ1) is 11.1. The fraction of sp³-hybridized carbons (Fsp3) is 0.412. The molecule has 1 N–H and O–H groups in total. The highest BCUT2D eigenvalue weighted by Gasteiger charge is 2.12. The van der Waals surface area contributed by atoms with Crippen LogP contribution in [0.3, 0.4) is 0 Å². The number of aromatic nitrogens is 2. The summed E-state index contributed by atoms with van der Waals surface area (Å²) in [6, 6.07) is 7.79.